The van der Waals surface area contributed by atoms with Crippen LogP contribution in [0.5, 0.6) is 0 Å². The van der Waals surface area contributed by atoms with E-state index < -0.39 is 6.10 Å². The predicted octanol–water partition coefficient (Wildman–Crippen LogP) is 3.71. The van der Waals surface area contributed by atoms with E-state index in [1.807, 2.05) is 41.1 Å². The quantitative estimate of drug-likeness (QED) is 0.711. The number of likely N-dealkylation sites (N-methyl/N-ethyl adjacent to an activating group) is 1. The molecule has 120 valence electrons. The molecule has 0 aliphatic carbocycles. The number of aliphatic hydroxyl groups excluding tert-OH is 1. The summed E-state index contributed by atoms with van der Waals surface area (Å²) in [4.78, 5) is 0. The number of halogens is 2. The summed E-state index contributed by atoms with van der Waals surface area (Å²) in [5.74, 6) is -0.306. The Morgan fingerprint density at radius 3 is 2.74 bits per heavy atom. The van der Waals surface area contributed by atoms with Crippen LogP contribution in [-0.4, -0.2) is 29.4 Å². The van der Waals surface area contributed by atoms with Gasteiger partial charge in [-0.25, -0.2) is 4.39 Å². The van der Waals surface area contributed by atoms with Crippen LogP contribution in [0.4, 0.5) is 4.39 Å². The van der Waals surface area contributed by atoms with Gasteiger partial charge in [0.2, 0.25) is 0 Å². The van der Waals surface area contributed by atoms with Gasteiger partial charge < -0.3 is 15.0 Å². The fourth-order valence-electron chi connectivity index (χ4n) is 2.99. The van der Waals surface area contributed by atoms with Crippen LogP contribution in [-0.2, 0) is 0 Å². The maximum Gasteiger partial charge on any atom is 0.123 e. The summed E-state index contributed by atoms with van der Waals surface area (Å²) >= 11 is 3.58. The molecule has 3 aromatic rings. The van der Waals surface area contributed by atoms with Gasteiger partial charge in [0.15, 0.2) is 0 Å². The van der Waals surface area contributed by atoms with Gasteiger partial charge >= 0.3 is 0 Å². The smallest absolute Gasteiger partial charge is 0.123 e. The molecule has 0 saturated carbocycles. The lowest BCUT2D eigenvalue weighted by Gasteiger charge is -2.26. The first-order valence-electron chi connectivity index (χ1n) is 7.45. The fourth-order valence-corrected chi connectivity index (χ4v) is 3.57. The summed E-state index contributed by atoms with van der Waals surface area (Å²) in [5, 5.41) is 14.7. The maximum atomic E-state index is 13.7. The van der Waals surface area contributed by atoms with E-state index in [-0.39, 0.29) is 11.9 Å². The standard InChI is InChI=1S/C18H18BrFN2O/c1-21-11-16(23)18(13-5-2-6-14(20)10-13)22-9-8-12-4-3-7-15(19)17(12)22/h2-10,16,18,21,23H,11H2,1H3. The molecule has 23 heavy (non-hydrogen) atoms. The van der Waals surface area contributed by atoms with Gasteiger partial charge in [-0.2, -0.15) is 0 Å². The van der Waals surface area contributed by atoms with Crippen molar-refractivity contribution >= 4 is 26.8 Å². The molecular formula is C18H18BrFN2O. The van der Waals surface area contributed by atoms with Crippen molar-refractivity contribution in [3.05, 3.63) is 70.6 Å². The van der Waals surface area contributed by atoms with Crippen molar-refractivity contribution in [1.29, 1.82) is 0 Å². The van der Waals surface area contributed by atoms with E-state index in [4.69, 9.17) is 0 Å². The molecule has 1 aromatic heterocycles. The molecule has 0 spiro atoms. The van der Waals surface area contributed by atoms with Crippen molar-refractivity contribution < 1.29 is 9.50 Å². The lowest BCUT2D eigenvalue weighted by Crippen LogP contribution is -2.33. The molecule has 0 fully saturated rings. The number of nitrogens with zero attached hydrogens (tertiary/aromatic N) is 1. The van der Waals surface area contributed by atoms with E-state index in [2.05, 4.69) is 21.2 Å². The molecular weight excluding hydrogens is 359 g/mol. The topological polar surface area (TPSA) is 37.2 Å². The molecule has 2 atom stereocenters. The Kier molecular flexibility index (Phi) is 4.80. The van der Waals surface area contributed by atoms with Crippen LogP contribution in [0.2, 0.25) is 0 Å². The maximum absolute atomic E-state index is 13.7. The van der Waals surface area contributed by atoms with Gasteiger partial charge in [-0.3, -0.25) is 0 Å². The zero-order chi connectivity index (χ0) is 16.4. The van der Waals surface area contributed by atoms with Gasteiger partial charge in [-0.15, -0.1) is 0 Å². The minimum Gasteiger partial charge on any atom is -0.389 e. The number of rotatable bonds is 5. The third kappa shape index (κ3) is 3.17. The highest BCUT2D eigenvalue weighted by atomic mass is 79.9. The van der Waals surface area contributed by atoms with Crippen molar-refractivity contribution in [3.63, 3.8) is 0 Å². The number of aromatic nitrogens is 1. The summed E-state index contributed by atoms with van der Waals surface area (Å²) in [6.45, 7) is 0.408. The van der Waals surface area contributed by atoms with Crippen LogP contribution in [0, 0.1) is 5.82 Å². The molecule has 3 rings (SSSR count). The third-order valence-electron chi connectivity index (χ3n) is 3.96. The number of benzene rings is 2. The minimum absolute atomic E-state index is 0.306. The SMILES string of the molecule is CNCC(O)C(c1cccc(F)c1)n1ccc2cccc(Br)c21. The van der Waals surface area contributed by atoms with Crippen molar-refractivity contribution in [2.75, 3.05) is 13.6 Å². The van der Waals surface area contributed by atoms with E-state index in [0.29, 0.717) is 6.54 Å². The Hall–Kier alpha value is -1.69. The highest BCUT2D eigenvalue weighted by Gasteiger charge is 2.24. The summed E-state index contributed by atoms with van der Waals surface area (Å²) < 4.78 is 16.6. The Labute approximate surface area is 142 Å². The average Bonchev–Trinajstić information content (AvgIpc) is 2.93. The van der Waals surface area contributed by atoms with E-state index in [0.717, 1.165) is 20.9 Å². The molecule has 2 aromatic carbocycles. The second-order valence-corrected chi connectivity index (χ2v) is 6.38. The molecule has 2 unspecified atom stereocenters. The van der Waals surface area contributed by atoms with E-state index in [9.17, 15) is 9.50 Å². The number of nitrogens with one attached hydrogen (secondary N) is 1. The highest BCUT2D eigenvalue weighted by Crippen LogP contribution is 2.32. The van der Waals surface area contributed by atoms with Crippen LogP contribution >= 0.6 is 15.9 Å². The van der Waals surface area contributed by atoms with Crippen molar-refractivity contribution in [2.45, 2.75) is 12.1 Å². The first-order chi connectivity index (χ1) is 11.1. The zero-order valence-corrected chi connectivity index (χ0v) is 14.3. The van der Waals surface area contributed by atoms with Gasteiger partial charge in [0.1, 0.15) is 5.82 Å². The predicted molar refractivity (Wildman–Crippen MR) is 94.1 cm³/mol. The van der Waals surface area contributed by atoms with Crippen LogP contribution < -0.4 is 5.32 Å². The highest BCUT2D eigenvalue weighted by molar-refractivity contribution is 9.10. The minimum atomic E-state index is -0.690. The Bertz CT molecular complexity index is 818. The lowest BCUT2D eigenvalue weighted by atomic mass is 10.0. The van der Waals surface area contributed by atoms with Crippen LogP contribution in [0.25, 0.3) is 10.9 Å². The van der Waals surface area contributed by atoms with Crippen LogP contribution in [0.15, 0.2) is 59.2 Å². The Morgan fingerprint density at radius 1 is 1.22 bits per heavy atom. The van der Waals surface area contributed by atoms with Gasteiger partial charge in [-0.1, -0.05) is 24.3 Å². The van der Waals surface area contributed by atoms with Crippen LogP contribution in [0.1, 0.15) is 11.6 Å². The Balaban J connectivity index is 2.18. The molecule has 0 radical (unpaired) electrons. The largest absolute Gasteiger partial charge is 0.389 e. The molecule has 0 amide bonds. The number of hydrogen-bond donors (Lipinski definition) is 2. The summed E-state index contributed by atoms with van der Waals surface area (Å²) in [6.07, 6.45) is 1.24. The van der Waals surface area contributed by atoms with Crippen LogP contribution in [0.3, 0.4) is 0 Å². The van der Waals surface area contributed by atoms with Gasteiger partial charge in [0, 0.05) is 22.6 Å². The lowest BCUT2D eigenvalue weighted by molar-refractivity contribution is 0.132. The molecule has 2 N–H and O–H groups in total. The van der Waals surface area contributed by atoms with E-state index >= 15 is 0 Å². The molecule has 3 nitrogen and oxygen atoms in total. The number of hydrogen-bond acceptors (Lipinski definition) is 2. The van der Waals surface area contributed by atoms with Gasteiger partial charge in [0.25, 0.3) is 0 Å². The number of aliphatic hydroxyl groups is 1. The first-order valence-corrected chi connectivity index (χ1v) is 8.24. The van der Waals surface area contributed by atoms with E-state index in [1.54, 1.807) is 13.1 Å². The molecule has 5 heteroatoms. The van der Waals surface area contributed by atoms with Crippen molar-refractivity contribution in [2.24, 2.45) is 0 Å². The third-order valence-corrected chi connectivity index (χ3v) is 4.60. The summed E-state index contributed by atoms with van der Waals surface area (Å²) in [6, 6.07) is 14.0. The van der Waals surface area contributed by atoms with E-state index in [1.165, 1.54) is 12.1 Å². The Morgan fingerprint density at radius 2 is 2.00 bits per heavy atom. The number of para-hydroxylation sites is 1. The molecule has 0 aliphatic heterocycles. The molecule has 0 saturated heterocycles. The van der Waals surface area contributed by atoms with Crippen molar-refractivity contribution in [3.8, 4) is 0 Å². The monoisotopic (exact) mass is 376 g/mol. The number of fused-ring (bicyclic) bond motifs is 1. The average molecular weight is 377 g/mol. The van der Waals surface area contributed by atoms with Gasteiger partial charge in [-0.05, 0) is 52.8 Å². The fraction of sp³-hybridized carbons (Fsp3) is 0.222. The normalized spacial score (nSPS) is 14.1. The second-order valence-electron chi connectivity index (χ2n) is 5.53. The molecule has 1 heterocycles. The molecule has 0 aliphatic rings. The van der Waals surface area contributed by atoms with Gasteiger partial charge in [0.05, 0.1) is 17.7 Å². The second kappa shape index (κ2) is 6.83. The zero-order valence-electron chi connectivity index (χ0n) is 12.7. The molecule has 0 bridgehead atoms. The summed E-state index contributed by atoms with van der Waals surface area (Å²) in [5.41, 5.74) is 1.72. The first kappa shape index (κ1) is 16.2. The summed E-state index contributed by atoms with van der Waals surface area (Å²) in [7, 11) is 1.79. The van der Waals surface area contributed by atoms with Crippen molar-refractivity contribution in [1.82, 2.24) is 9.88 Å².